The molecule has 0 bridgehead atoms. The van der Waals surface area contributed by atoms with Crippen molar-refractivity contribution in [1.29, 1.82) is 0 Å². The molecule has 4 rings (SSSR count). The lowest BCUT2D eigenvalue weighted by atomic mass is 10.2. The van der Waals surface area contributed by atoms with Gasteiger partial charge in [-0.15, -0.1) is 0 Å². The van der Waals surface area contributed by atoms with E-state index in [-0.39, 0.29) is 12.0 Å². The highest BCUT2D eigenvalue weighted by Gasteiger charge is 2.23. The second kappa shape index (κ2) is 7.79. The van der Waals surface area contributed by atoms with Gasteiger partial charge >= 0.3 is 0 Å². The molecule has 2 saturated heterocycles. The van der Waals surface area contributed by atoms with Gasteiger partial charge in [-0.25, -0.2) is 0 Å². The molecule has 0 spiro atoms. The number of nitrogens with one attached hydrogen (secondary N) is 1. The summed E-state index contributed by atoms with van der Waals surface area (Å²) in [4.78, 5) is 16.9. The van der Waals surface area contributed by atoms with Crippen LogP contribution in [0.4, 0.5) is 17.1 Å². The lowest BCUT2D eigenvalue weighted by Gasteiger charge is -2.37. The van der Waals surface area contributed by atoms with E-state index in [1.165, 1.54) is 11.4 Å². The summed E-state index contributed by atoms with van der Waals surface area (Å²) in [6, 6.07) is 18.7. The molecule has 2 aromatic carbocycles. The molecule has 2 aromatic rings. The lowest BCUT2D eigenvalue weighted by molar-refractivity contribution is -0.124. The van der Waals surface area contributed by atoms with Gasteiger partial charge in [0.15, 0.2) is 0 Å². The second-order valence-corrected chi connectivity index (χ2v) is 6.85. The minimum atomic E-state index is -0.291. The first-order chi connectivity index (χ1) is 12.8. The van der Waals surface area contributed by atoms with Gasteiger partial charge in [0.25, 0.3) is 5.91 Å². The maximum absolute atomic E-state index is 12.1. The van der Waals surface area contributed by atoms with E-state index in [1.54, 1.807) is 0 Å². The van der Waals surface area contributed by atoms with E-state index in [4.69, 9.17) is 4.74 Å². The fourth-order valence-corrected chi connectivity index (χ4v) is 3.62. The lowest BCUT2D eigenvalue weighted by Crippen LogP contribution is -2.46. The fourth-order valence-electron chi connectivity index (χ4n) is 3.62. The first-order valence-corrected chi connectivity index (χ1v) is 9.37. The number of carbonyl (C=O) groups is 1. The molecule has 0 aromatic heterocycles. The van der Waals surface area contributed by atoms with Crippen LogP contribution < -0.4 is 15.1 Å². The Hall–Kier alpha value is -2.53. The number of anilines is 3. The van der Waals surface area contributed by atoms with E-state index in [2.05, 4.69) is 57.6 Å². The number of rotatable bonds is 4. The summed E-state index contributed by atoms with van der Waals surface area (Å²) in [5, 5.41) is 2.95. The van der Waals surface area contributed by atoms with Crippen molar-refractivity contribution in [2.75, 3.05) is 47.9 Å². The Labute approximate surface area is 154 Å². The number of ether oxygens (including phenoxy) is 1. The van der Waals surface area contributed by atoms with Crippen LogP contribution in [0.5, 0.6) is 0 Å². The summed E-state index contributed by atoms with van der Waals surface area (Å²) in [5.41, 5.74) is 3.32. The van der Waals surface area contributed by atoms with Crippen molar-refractivity contribution in [2.24, 2.45) is 0 Å². The van der Waals surface area contributed by atoms with Crippen molar-refractivity contribution >= 4 is 23.0 Å². The van der Waals surface area contributed by atoms with E-state index in [9.17, 15) is 4.79 Å². The van der Waals surface area contributed by atoms with Gasteiger partial charge in [-0.3, -0.25) is 4.79 Å². The smallest absolute Gasteiger partial charge is 0.253 e. The van der Waals surface area contributed by atoms with Crippen molar-refractivity contribution in [1.82, 2.24) is 0 Å². The maximum atomic E-state index is 12.1. The highest BCUT2D eigenvalue weighted by atomic mass is 16.5. The third-order valence-corrected chi connectivity index (χ3v) is 5.12. The average molecular weight is 351 g/mol. The largest absolute Gasteiger partial charge is 0.368 e. The zero-order chi connectivity index (χ0) is 17.8. The van der Waals surface area contributed by atoms with Gasteiger partial charge < -0.3 is 19.9 Å². The Balaban J connectivity index is 1.32. The van der Waals surface area contributed by atoms with Crippen LogP contribution in [0.1, 0.15) is 12.8 Å². The highest BCUT2D eigenvalue weighted by molar-refractivity contribution is 5.94. The van der Waals surface area contributed by atoms with Crippen molar-refractivity contribution < 1.29 is 9.53 Å². The number of benzene rings is 2. The van der Waals surface area contributed by atoms with Crippen LogP contribution in [0.2, 0.25) is 0 Å². The molecule has 5 nitrogen and oxygen atoms in total. The number of nitrogens with zero attached hydrogens (tertiary/aromatic N) is 2. The molecule has 0 saturated carbocycles. The molecular formula is C21H25N3O2. The van der Waals surface area contributed by atoms with Crippen molar-refractivity contribution in [3.63, 3.8) is 0 Å². The molecule has 2 fully saturated rings. The van der Waals surface area contributed by atoms with Gasteiger partial charge in [0.05, 0.1) is 0 Å². The molecule has 2 aliphatic rings. The first kappa shape index (κ1) is 16.9. The minimum absolute atomic E-state index is 0.0354. The van der Waals surface area contributed by atoms with Crippen molar-refractivity contribution in [3.8, 4) is 0 Å². The van der Waals surface area contributed by atoms with Gasteiger partial charge in [-0.1, -0.05) is 18.2 Å². The zero-order valence-corrected chi connectivity index (χ0v) is 14.9. The van der Waals surface area contributed by atoms with Crippen LogP contribution in [0.25, 0.3) is 0 Å². The molecule has 1 N–H and O–H groups in total. The predicted molar refractivity (Wildman–Crippen MR) is 105 cm³/mol. The number of carbonyl (C=O) groups excluding carboxylic acids is 1. The number of hydrogen-bond acceptors (Lipinski definition) is 4. The van der Waals surface area contributed by atoms with E-state index < -0.39 is 0 Å². The third kappa shape index (κ3) is 3.83. The van der Waals surface area contributed by atoms with E-state index in [0.29, 0.717) is 6.61 Å². The molecule has 0 aliphatic carbocycles. The molecule has 5 heteroatoms. The van der Waals surface area contributed by atoms with Crippen LogP contribution in [0.15, 0.2) is 54.6 Å². The highest BCUT2D eigenvalue weighted by Crippen LogP contribution is 2.22. The normalized spacial score (nSPS) is 20.2. The molecule has 1 unspecified atom stereocenters. The standard InChI is InChI=1S/C21H25N3O2/c25-21(20-7-4-16-26-20)22-17-8-10-19(11-9-17)24-14-12-23(13-15-24)18-5-2-1-3-6-18/h1-3,5-6,8-11,20H,4,7,12-16H2,(H,22,25). The Morgan fingerprint density at radius 3 is 2.08 bits per heavy atom. The Morgan fingerprint density at radius 1 is 0.885 bits per heavy atom. The molecule has 136 valence electrons. The summed E-state index contributed by atoms with van der Waals surface area (Å²) < 4.78 is 5.43. The summed E-state index contributed by atoms with van der Waals surface area (Å²) in [7, 11) is 0. The monoisotopic (exact) mass is 351 g/mol. The number of hydrogen-bond donors (Lipinski definition) is 1. The maximum Gasteiger partial charge on any atom is 0.253 e. The van der Waals surface area contributed by atoms with Crippen LogP contribution in [0.3, 0.4) is 0 Å². The van der Waals surface area contributed by atoms with Gasteiger partial charge in [0.1, 0.15) is 6.10 Å². The molecular weight excluding hydrogens is 326 g/mol. The SMILES string of the molecule is O=C(Nc1ccc(N2CCN(c3ccccc3)CC2)cc1)C1CCCO1. The van der Waals surface area contributed by atoms with Crippen LogP contribution >= 0.6 is 0 Å². The average Bonchev–Trinajstić information content (AvgIpc) is 3.25. The molecule has 26 heavy (non-hydrogen) atoms. The van der Waals surface area contributed by atoms with Crippen molar-refractivity contribution in [2.45, 2.75) is 18.9 Å². The fraction of sp³-hybridized carbons (Fsp3) is 0.381. The Bertz CT molecular complexity index is 719. The zero-order valence-electron chi connectivity index (χ0n) is 14.9. The van der Waals surface area contributed by atoms with Crippen LogP contribution in [-0.4, -0.2) is 44.8 Å². The quantitative estimate of drug-likeness (QED) is 0.919. The van der Waals surface area contributed by atoms with E-state index >= 15 is 0 Å². The molecule has 1 amide bonds. The predicted octanol–water partition coefficient (Wildman–Crippen LogP) is 3.13. The third-order valence-electron chi connectivity index (χ3n) is 5.12. The number of piperazine rings is 1. The first-order valence-electron chi connectivity index (χ1n) is 9.37. The second-order valence-electron chi connectivity index (χ2n) is 6.85. The minimum Gasteiger partial charge on any atom is -0.368 e. The summed E-state index contributed by atoms with van der Waals surface area (Å²) >= 11 is 0. The van der Waals surface area contributed by atoms with E-state index in [0.717, 1.165) is 44.7 Å². The topological polar surface area (TPSA) is 44.8 Å². The van der Waals surface area contributed by atoms with Crippen LogP contribution in [-0.2, 0) is 9.53 Å². The summed E-state index contributed by atoms with van der Waals surface area (Å²) in [6.45, 7) is 4.71. The molecule has 1 atom stereocenters. The van der Waals surface area contributed by atoms with Gasteiger partial charge in [-0.2, -0.15) is 0 Å². The molecule has 0 radical (unpaired) electrons. The summed E-state index contributed by atoms with van der Waals surface area (Å²) in [5.74, 6) is -0.0354. The summed E-state index contributed by atoms with van der Waals surface area (Å²) in [6.07, 6.45) is 1.49. The molecule has 2 aliphatic heterocycles. The molecule has 2 heterocycles. The Kier molecular flexibility index (Phi) is 5.07. The number of amides is 1. The van der Waals surface area contributed by atoms with Crippen LogP contribution in [0, 0.1) is 0 Å². The Morgan fingerprint density at radius 2 is 1.50 bits per heavy atom. The van der Waals surface area contributed by atoms with Gasteiger partial charge in [0, 0.05) is 49.8 Å². The number of para-hydroxylation sites is 1. The van der Waals surface area contributed by atoms with E-state index in [1.807, 2.05) is 12.1 Å². The van der Waals surface area contributed by atoms with Gasteiger partial charge in [0.2, 0.25) is 0 Å². The van der Waals surface area contributed by atoms with Crippen molar-refractivity contribution in [3.05, 3.63) is 54.6 Å². The van der Waals surface area contributed by atoms with Gasteiger partial charge in [-0.05, 0) is 49.2 Å².